The second-order valence-corrected chi connectivity index (χ2v) is 4.73. The predicted molar refractivity (Wildman–Crippen MR) is 65.1 cm³/mol. The van der Waals surface area contributed by atoms with Crippen molar-refractivity contribution in [2.24, 2.45) is 0 Å². The molecule has 3 heteroatoms. The molecule has 0 saturated heterocycles. The Morgan fingerprint density at radius 1 is 0.857 bits per heavy atom. The van der Waals surface area contributed by atoms with Crippen LogP contribution < -0.4 is 0 Å². The van der Waals surface area contributed by atoms with Crippen molar-refractivity contribution in [1.29, 1.82) is 0 Å². The predicted octanol–water partition coefficient (Wildman–Crippen LogP) is 4.27. The molecule has 0 spiro atoms. The molecule has 0 amide bonds. The van der Waals surface area contributed by atoms with Gasteiger partial charge in [0.15, 0.2) is 0 Å². The third kappa shape index (κ3) is 2.22. The topological polar surface area (TPSA) is 12.9 Å². The minimum atomic E-state index is 0.995. The molecule has 0 aliphatic rings. The van der Waals surface area contributed by atoms with Gasteiger partial charge in [-0.15, -0.1) is 0 Å². The summed E-state index contributed by atoms with van der Waals surface area (Å²) in [5, 5.41) is 0. The zero-order valence-corrected chi connectivity index (χ0v) is 10.4. The van der Waals surface area contributed by atoms with Crippen LogP contribution in [0.15, 0.2) is 51.7 Å². The molecule has 0 aliphatic carbocycles. The summed E-state index contributed by atoms with van der Waals surface area (Å²) in [6.45, 7) is 0. The molecule has 0 N–H and O–H groups in total. The number of rotatable bonds is 1. The first kappa shape index (κ1) is 9.87. The maximum absolute atomic E-state index is 4.13. The summed E-state index contributed by atoms with van der Waals surface area (Å²) in [6.07, 6.45) is 3.63. The summed E-state index contributed by atoms with van der Waals surface area (Å²) < 4.78 is 2.07. The summed E-state index contributed by atoms with van der Waals surface area (Å²) in [7, 11) is 0. The Kier molecular flexibility index (Phi) is 2.99. The van der Waals surface area contributed by atoms with E-state index in [0.29, 0.717) is 0 Å². The van der Waals surface area contributed by atoms with E-state index in [1.807, 2.05) is 18.3 Å². The van der Waals surface area contributed by atoms with Crippen LogP contribution in [0.5, 0.6) is 0 Å². The van der Waals surface area contributed by atoms with Crippen LogP contribution in [0.2, 0.25) is 0 Å². The van der Waals surface area contributed by atoms with E-state index in [2.05, 4.69) is 55.0 Å². The van der Waals surface area contributed by atoms with Gasteiger partial charge in [-0.2, -0.15) is 0 Å². The third-order valence-electron chi connectivity index (χ3n) is 1.86. The first-order chi connectivity index (χ1) is 6.75. The Hall–Kier alpha value is -0.670. The fourth-order valence-electron chi connectivity index (χ4n) is 1.24. The van der Waals surface area contributed by atoms with Crippen molar-refractivity contribution in [3.63, 3.8) is 0 Å². The lowest BCUT2D eigenvalue weighted by molar-refractivity contribution is 1.31. The molecule has 0 unspecified atom stereocenters. The quantitative estimate of drug-likeness (QED) is 0.766. The highest BCUT2D eigenvalue weighted by Crippen LogP contribution is 2.24. The highest BCUT2D eigenvalue weighted by Gasteiger charge is 1.98. The SMILES string of the molecule is Brc1cccc(-c2cncc(Br)c2)c1. The molecule has 0 aliphatic heterocycles. The average molecular weight is 313 g/mol. The highest BCUT2D eigenvalue weighted by molar-refractivity contribution is 9.10. The first-order valence-electron chi connectivity index (χ1n) is 4.12. The van der Waals surface area contributed by atoms with Crippen LogP contribution >= 0.6 is 31.9 Å². The van der Waals surface area contributed by atoms with Crippen molar-refractivity contribution in [3.8, 4) is 11.1 Å². The summed E-state index contributed by atoms with van der Waals surface area (Å²) >= 11 is 6.85. The van der Waals surface area contributed by atoms with E-state index in [-0.39, 0.29) is 0 Å². The van der Waals surface area contributed by atoms with E-state index in [1.165, 1.54) is 0 Å². The van der Waals surface area contributed by atoms with Gasteiger partial charge in [0.05, 0.1) is 0 Å². The molecule has 1 heterocycles. The van der Waals surface area contributed by atoms with Gasteiger partial charge in [0.25, 0.3) is 0 Å². The zero-order valence-electron chi connectivity index (χ0n) is 7.24. The van der Waals surface area contributed by atoms with Crippen molar-refractivity contribution >= 4 is 31.9 Å². The number of benzene rings is 1. The van der Waals surface area contributed by atoms with Gasteiger partial charge in [-0.3, -0.25) is 4.98 Å². The Labute approximate surface area is 99.4 Å². The van der Waals surface area contributed by atoms with E-state index < -0.39 is 0 Å². The van der Waals surface area contributed by atoms with Crippen LogP contribution in [0.1, 0.15) is 0 Å². The molecule has 70 valence electrons. The normalized spacial score (nSPS) is 10.1. The first-order valence-corrected chi connectivity index (χ1v) is 5.71. The molecule has 0 bridgehead atoms. The minimum absolute atomic E-state index is 0.995. The molecule has 1 aromatic carbocycles. The molecule has 1 aromatic heterocycles. The number of pyridine rings is 1. The third-order valence-corrected chi connectivity index (χ3v) is 2.79. The highest BCUT2D eigenvalue weighted by atomic mass is 79.9. The van der Waals surface area contributed by atoms with E-state index in [1.54, 1.807) is 6.20 Å². The molecule has 2 rings (SSSR count). The monoisotopic (exact) mass is 311 g/mol. The molecular formula is C11H7Br2N. The molecule has 0 fully saturated rings. The smallest absolute Gasteiger partial charge is 0.0410 e. The number of halogens is 2. The maximum Gasteiger partial charge on any atom is 0.0410 e. The molecule has 1 nitrogen and oxygen atoms in total. The van der Waals surface area contributed by atoms with Gasteiger partial charge in [-0.25, -0.2) is 0 Å². The van der Waals surface area contributed by atoms with Gasteiger partial charge in [-0.05, 0) is 39.7 Å². The Bertz CT molecular complexity index is 411. The van der Waals surface area contributed by atoms with Crippen LogP contribution in [0.3, 0.4) is 0 Å². The summed E-state index contributed by atoms with van der Waals surface area (Å²) in [4.78, 5) is 4.13. The zero-order chi connectivity index (χ0) is 9.97. The van der Waals surface area contributed by atoms with Crippen molar-refractivity contribution in [2.45, 2.75) is 0 Å². The van der Waals surface area contributed by atoms with Crippen molar-refractivity contribution in [1.82, 2.24) is 4.98 Å². The Morgan fingerprint density at radius 2 is 1.64 bits per heavy atom. The van der Waals surface area contributed by atoms with Gasteiger partial charge >= 0.3 is 0 Å². The summed E-state index contributed by atoms with van der Waals surface area (Å²) in [5.41, 5.74) is 2.27. The molecule has 14 heavy (non-hydrogen) atoms. The molecule has 2 aromatic rings. The number of nitrogens with zero attached hydrogens (tertiary/aromatic N) is 1. The van der Waals surface area contributed by atoms with Crippen LogP contribution in [0, 0.1) is 0 Å². The van der Waals surface area contributed by atoms with Crippen LogP contribution in [-0.2, 0) is 0 Å². The fraction of sp³-hybridized carbons (Fsp3) is 0. The second-order valence-electron chi connectivity index (χ2n) is 2.90. The van der Waals surface area contributed by atoms with E-state index in [9.17, 15) is 0 Å². The number of hydrogen-bond donors (Lipinski definition) is 0. The van der Waals surface area contributed by atoms with Gasteiger partial charge in [0.1, 0.15) is 0 Å². The Balaban J connectivity index is 2.49. The lowest BCUT2D eigenvalue weighted by atomic mass is 10.1. The van der Waals surface area contributed by atoms with E-state index in [0.717, 1.165) is 20.1 Å². The number of hydrogen-bond acceptors (Lipinski definition) is 1. The van der Waals surface area contributed by atoms with Gasteiger partial charge in [-0.1, -0.05) is 28.1 Å². The lowest BCUT2D eigenvalue weighted by Crippen LogP contribution is -1.79. The fourth-order valence-corrected chi connectivity index (χ4v) is 2.00. The van der Waals surface area contributed by atoms with Crippen LogP contribution in [0.25, 0.3) is 11.1 Å². The van der Waals surface area contributed by atoms with E-state index >= 15 is 0 Å². The van der Waals surface area contributed by atoms with Gasteiger partial charge < -0.3 is 0 Å². The number of aromatic nitrogens is 1. The molecular weight excluding hydrogens is 306 g/mol. The van der Waals surface area contributed by atoms with Crippen LogP contribution in [-0.4, -0.2) is 4.98 Å². The molecule has 0 saturated carbocycles. The largest absolute Gasteiger partial charge is 0.263 e. The maximum atomic E-state index is 4.13. The Morgan fingerprint density at radius 3 is 2.36 bits per heavy atom. The summed E-state index contributed by atoms with van der Waals surface area (Å²) in [5.74, 6) is 0. The average Bonchev–Trinajstić information content (AvgIpc) is 2.18. The van der Waals surface area contributed by atoms with Crippen molar-refractivity contribution < 1.29 is 0 Å². The lowest BCUT2D eigenvalue weighted by Gasteiger charge is -2.01. The van der Waals surface area contributed by atoms with Gasteiger partial charge in [0, 0.05) is 26.9 Å². The minimum Gasteiger partial charge on any atom is -0.263 e. The summed E-state index contributed by atoms with van der Waals surface area (Å²) in [6, 6.07) is 10.2. The van der Waals surface area contributed by atoms with Gasteiger partial charge in [0.2, 0.25) is 0 Å². The second kappa shape index (κ2) is 4.24. The standard InChI is InChI=1S/C11H7Br2N/c12-10-3-1-2-8(4-10)9-5-11(13)7-14-6-9/h1-7H. The van der Waals surface area contributed by atoms with Crippen molar-refractivity contribution in [3.05, 3.63) is 51.7 Å². The van der Waals surface area contributed by atoms with Crippen LogP contribution in [0.4, 0.5) is 0 Å². The van der Waals surface area contributed by atoms with E-state index in [4.69, 9.17) is 0 Å². The molecule has 0 radical (unpaired) electrons. The van der Waals surface area contributed by atoms with Crippen molar-refractivity contribution in [2.75, 3.05) is 0 Å². The molecule has 0 atom stereocenters.